The second kappa shape index (κ2) is 4.29. The molecule has 4 N–H and O–H groups in total. The van der Waals surface area contributed by atoms with E-state index in [9.17, 15) is 13.2 Å². The number of hydrogen-bond donors (Lipinski definition) is 3. The molecule has 2 aromatic rings. The van der Waals surface area contributed by atoms with Gasteiger partial charge < -0.3 is 20.7 Å². The van der Waals surface area contributed by atoms with Gasteiger partial charge in [-0.1, -0.05) is 0 Å². The van der Waals surface area contributed by atoms with E-state index in [-0.39, 0.29) is 16.5 Å². The van der Waals surface area contributed by atoms with Crippen molar-refractivity contribution in [2.75, 3.05) is 5.73 Å². The summed E-state index contributed by atoms with van der Waals surface area (Å²) in [6.07, 6.45) is -4.07. The van der Waals surface area contributed by atoms with Crippen molar-refractivity contribution < 1.29 is 28.1 Å². The van der Waals surface area contributed by atoms with Crippen LogP contribution in [0, 0.1) is 18.6 Å². The highest BCUT2D eigenvalue weighted by Gasteiger charge is 2.28. The normalized spacial score (nSPS) is 11.9. The molecular weight excluding hydrogens is 263 g/mol. The maximum absolute atomic E-state index is 13.7. The van der Waals surface area contributed by atoms with Crippen LogP contribution in [0.3, 0.4) is 0 Å². The second-order valence-corrected chi connectivity index (χ2v) is 4.06. The van der Waals surface area contributed by atoms with Gasteiger partial charge in [0.2, 0.25) is 0 Å². The van der Waals surface area contributed by atoms with Crippen LogP contribution in [0.25, 0.3) is 10.8 Å². The number of anilines is 1. The van der Waals surface area contributed by atoms with Crippen LogP contribution < -0.4 is 10.5 Å². The molecule has 0 aliphatic heterocycles. The molecular formula is C12H10F3NO3. The molecule has 0 amide bonds. The van der Waals surface area contributed by atoms with Crippen LogP contribution in [0.1, 0.15) is 5.56 Å². The maximum atomic E-state index is 13.7. The van der Waals surface area contributed by atoms with Crippen molar-refractivity contribution in [3.05, 3.63) is 35.4 Å². The molecule has 0 bridgehead atoms. The highest BCUT2D eigenvalue weighted by Crippen LogP contribution is 2.36. The van der Waals surface area contributed by atoms with Crippen LogP contribution in [0.5, 0.6) is 5.75 Å². The van der Waals surface area contributed by atoms with Crippen LogP contribution in [-0.4, -0.2) is 16.4 Å². The lowest BCUT2D eigenvalue weighted by molar-refractivity contribution is -0.375. The lowest BCUT2D eigenvalue weighted by Gasteiger charge is -2.17. The Morgan fingerprint density at radius 1 is 1.16 bits per heavy atom. The zero-order valence-electron chi connectivity index (χ0n) is 9.75. The van der Waals surface area contributed by atoms with Crippen LogP contribution in [0.2, 0.25) is 0 Å². The number of halogens is 3. The zero-order valence-corrected chi connectivity index (χ0v) is 9.75. The van der Waals surface area contributed by atoms with Gasteiger partial charge in [0.25, 0.3) is 0 Å². The molecule has 0 aliphatic rings. The fraction of sp³-hybridized carbons (Fsp3) is 0.167. The molecule has 0 unspecified atom stereocenters. The Labute approximate surface area is 105 Å². The van der Waals surface area contributed by atoms with Gasteiger partial charge in [-0.2, -0.15) is 0 Å². The monoisotopic (exact) mass is 273 g/mol. The topological polar surface area (TPSA) is 75.7 Å². The number of rotatable bonds is 2. The standard InChI is InChI=1S/C12H10F3NO3/c1-5-2-6(16)3-7-8(13)4-9(14)11(10(5)7)19-12(15,17)18/h2-4,17-18H,16H2,1H3. The van der Waals surface area contributed by atoms with E-state index in [1.165, 1.54) is 19.1 Å². The predicted octanol–water partition coefficient (Wildman–Crippen LogP) is 1.95. The minimum absolute atomic E-state index is 0.113. The van der Waals surface area contributed by atoms with Crippen molar-refractivity contribution >= 4 is 16.5 Å². The van der Waals surface area contributed by atoms with E-state index in [2.05, 4.69) is 4.74 Å². The smallest absolute Gasteiger partial charge is 0.409 e. The molecule has 7 heteroatoms. The number of hydrogen-bond acceptors (Lipinski definition) is 4. The van der Waals surface area contributed by atoms with Gasteiger partial charge in [0, 0.05) is 22.5 Å². The molecule has 0 spiro atoms. The quantitative estimate of drug-likeness (QED) is 0.577. The Bertz CT molecular complexity index is 653. The number of aryl methyl sites for hydroxylation is 1. The van der Waals surface area contributed by atoms with Crippen molar-refractivity contribution in [3.8, 4) is 5.75 Å². The summed E-state index contributed by atoms with van der Waals surface area (Å²) in [5.74, 6) is -2.99. The molecule has 0 heterocycles. The number of nitrogens with two attached hydrogens (primary N) is 1. The van der Waals surface area contributed by atoms with Crippen molar-refractivity contribution in [2.24, 2.45) is 0 Å². The molecule has 4 nitrogen and oxygen atoms in total. The summed E-state index contributed by atoms with van der Waals surface area (Å²) in [6.45, 7) is 1.47. The molecule has 0 fully saturated rings. The van der Waals surface area contributed by atoms with E-state index in [1.54, 1.807) is 0 Å². The Balaban J connectivity index is 2.83. The third-order valence-corrected chi connectivity index (χ3v) is 2.54. The average molecular weight is 273 g/mol. The molecule has 0 atom stereocenters. The van der Waals surface area contributed by atoms with E-state index in [4.69, 9.17) is 15.9 Å². The molecule has 0 saturated heterocycles. The van der Waals surface area contributed by atoms with Gasteiger partial charge in [-0.15, -0.1) is 4.39 Å². The highest BCUT2D eigenvalue weighted by molar-refractivity contribution is 5.94. The fourth-order valence-electron chi connectivity index (χ4n) is 1.91. The molecule has 0 aliphatic carbocycles. The Morgan fingerprint density at radius 3 is 2.37 bits per heavy atom. The third-order valence-electron chi connectivity index (χ3n) is 2.54. The predicted molar refractivity (Wildman–Crippen MR) is 61.9 cm³/mol. The summed E-state index contributed by atoms with van der Waals surface area (Å²) >= 11 is 0. The van der Waals surface area contributed by atoms with Gasteiger partial charge in [0.1, 0.15) is 5.82 Å². The summed E-state index contributed by atoms with van der Waals surface area (Å²) in [6, 6.07) is 3.05. The molecule has 19 heavy (non-hydrogen) atoms. The summed E-state index contributed by atoms with van der Waals surface area (Å²) in [5, 5.41) is 16.9. The molecule has 0 radical (unpaired) electrons. The third kappa shape index (κ3) is 2.56. The Hall–Kier alpha value is -1.99. The SMILES string of the molecule is Cc1cc(N)cc2c(F)cc(F)c(OC(O)(O)F)c12. The first-order chi connectivity index (χ1) is 8.69. The molecule has 102 valence electrons. The van der Waals surface area contributed by atoms with Crippen molar-refractivity contribution in [1.29, 1.82) is 0 Å². The number of benzene rings is 2. The van der Waals surface area contributed by atoms with Crippen LogP contribution in [-0.2, 0) is 0 Å². The lowest BCUT2D eigenvalue weighted by atomic mass is 10.0. The first-order valence-electron chi connectivity index (χ1n) is 5.19. The van der Waals surface area contributed by atoms with E-state index >= 15 is 0 Å². The van der Waals surface area contributed by atoms with Gasteiger partial charge in [-0.3, -0.25) is 0 Å². The van der Waals surface area contributed by atoms with Crippen molar-refractivity contribution in [2.45, 2.75) is 13.2 Å². The van der Waals surface area contributed by atoms with E-state index in [0.717, 1.165) is 0 Å². The Morgan fingerprint density at radius 2 is 1.79 bits per heavy atom. The average Bonchev–Trinajstić information content (AvgIpc) is 2.22. The minimum atomic E-state index is -4.07. The molecule has 0 aromatic heterocycles. The number of ether oxygens (including phenoxy) is 1. The van der Waals surface area contributed by atoms with Gasteiger partial charge in [0.15, 0.2) is 11.6 Å². The Kier molecular flexibility index (Phi) is 3.03. The number of alkyl halides is 1. The van der Waals surface area contributed by atoms with E-state index in [0.29, 0.717) is 11.6 Å². The van der Waals surface area contributed by atoms with Gasteiger partial charge in [-0.25, -0.2) is 8.78 Å². The van der Waals surface area contributed by atoms with Crippen molar-refractivity contribution in [3.63, 3.8) is 0 Å². The summed E-state index contributed by atoms with van der Waals surface area (Å²) < 4.78 is 44.0. The van der Waals surface area contributed by atoms with Crippen molar-refractivity contribution in [1.82, 2.24) is 0 Å². The summed E-state index contributed by atoms with van der Waals surface area (Å²) in [4.78, 5) is 0. The van der Waals surface area contributed by atoms with Crippen LogP contribution in [0.4, 0.5) is 18.9 Å². The zero-order chi connectivity index (χ0) is 14.4. The maximum Gasteiger partial charge on any atom is 0.492 e. The van der Waals surface area contributed by atoms with Gasteiger partial charge in [0.05, 0.1) is 0 Å². The minimum Gasteiger partial charge on any atom is -0.409 e. The molecule has 2 rings (SSSR count). The first kappa shape index (κ1) is 13.4. The highest BCUT2D eigenvalue weighted by atomic mass is 19.2. The lowest BCUT2D eigenvalue weighted by Crippen LogP contribution is -2.29. The first-order valence-corrected chi connectivity index (χ1v) is 5.19. The van der Waals surface area contributed by atoms with Crippen LogP contribution in [0.15, 0.2) is 18.2 Å². The number of fused-ring (bicyclic) bond motifs is 1. The molecule has 2 aromatic carbocycles. The van der Waals surface area contributed by atoms with E-state index in [1.807, 2.05) is 0 Å². The second-order valence-electron chi connectivity index (χ2n) is 4.06. The molecule has 0 saturated carbocycles. The van der Waals surface area contributed by atoms with Crippen LogP contribution >= 0.6 is 0 Å². The van der Waals surface area contributed by atoms with Gasteiger partial charge in [-0.05, 0) is 24.6 Å². The van der Waals surface area contributed by atoms with Gasteiger partial charge >= 0.3 is 6.23 Å². The van der Waals surface area contributed by atoms with E-state index < -0.39 is 23.6 Å². The fourth-order valence-corrected chi connectivity index (χ4v) is 1.91. The summed E-state index contributed by atoms with van der Waals surface area (Å²) in [5.41, 5.74) is 6.06. The number of aliphatic hydroxyl groups is 2. The largest absolute Gasteiger partial charge is 0.492 e. The summed E-state index contributed by atoms with van der Waals surface area (Å²) in [7, 11) is 0. The number of nitrogen functional groups attached to an aromatic ring is 1.